The molecule has 2 fully saturated rings. The predicted octanol–water partition coefficient (Wildman–Crippen LogP) is 4.06. The van der Waals surface area contributed by atoms with Gasteiger partial charge in [0.1, 0.15) is 0 Å². The highest BCUT2D eigenvalue weighted by Crippen LogP contribution is 2.46. The topological polar surface area (TPSA) is 72.9 Å². The maximum atomic E-state index is 13.0. The van der Waals surface area contributed by atoms with Crippen LogP contribution in [0.4, 0.5) is 0 Å². The van der Waals surface area contributed by atoms with E-state index in [1.54, 1.807) is 6.92 Å². The highest BCUT2D eigenvalue weighted by Gasteiger charge is 2.65. The minimum absolute atomic E-state index is 0.0197. The second kappa shape index (κ2) is 8.13. The summed E-state index contributed by atoms with van der Waals surface area (Å²) in [6.45, 7) is 14.4. The van der Waals surface area contributed by atoms with Crippen LogP contribution >= 0.6 is 12.0 Å². The molecule has 0 bridgehead atoms. The van der Waals surface area contributed by atoms with Gasteiger partial charge in [-0.15, -0.1) is 0 Å². The monoisotopic (exact) mass is 449 g/mol. The van der Waals surface area contributed by atoms with Gasteiger partial charge in [-0.3, -0.25) is 9.59 Å². The highest BCUT2D eigenvalue weighted by atomic mass is 32.2. The molecule has 0 radical (unpaired) electrons. The molecule has 1 unspecified atom stereocenters. The van der Waals surface area contributed by atoms with Gasteiger partial charge in [0.05, 0.1) is 30.1 Å². The van der Waals surface area contributed by atoms with E-state index in [2.05, 4.69) is 33.9 Å². The van der Waals surface area contributed by atoms with Gasteiger partial charge in [-0.05, 0) is 37.2 Å². The molecule has 0 spiro atoms. The zero-order valence-corrected chi connectivity index (χ0v) is 20.5. The number of nitrogens with zero attached hydrogens (tertiary/aromatic N) is 1. The molecule has 5 atom stereocenters. The summed E-state index contributed by atoms with van der Waals surface area (Å²) >= 11 is 0.906. The summed E-state index contributed by atoms with van der Waals surface area (Å²) in [4.78, 5) is 40.7. The molecule has 0 saturated carbocycles. The fraction of sp³-hybridized carbons (Fsp3) is 0.591. The van der Waals surface area contributed by atoms with Crippen LogP contribution in [0.3, 0.4) is 0 Å². The third-order valence-corrected chi connectivity index (χ3v) is 12.0. The SMILES string of the molecule is CC(O[Si](C)(C)C(C)(C)C)[C@@H]1C(=O)N2[C@@H](C(=O)OSc3ccccc3)C(=O)[C@H](C)[C@H]12. The largest absolute Gasteiger partial charge is 0.413 e. The van der Waals surface area contributed by atoms with Crippen LogP contribution in [-0.4, -0.2) is 49.1 Å². The summed E-state index contributed by atoms with van der Waals surface area (Å²) in [7, 11) is -2.07. The van der Waals surface area contributed by atoms with E-state index in [9.17, 15) is 14.4 Å². The Morgan fingerprint density at radius 1 is 1.17 bits per heavy atom. The van der Waals surface area contributed by atoms with E-state index < -0.39 is 32.2 Å². The Hall–Kier alpha value is -1.64. The van der Waals surface area contributed by atoms with Gasteiger partial charge in [0, 0.05) is 10.8 Å². The van der Waals surface area contributed by atoms with E-state index >= 15 is 0 Å². The van der Waals surface area contributed by atoms with Gasteiger partial charge >= 0.3 is 5.97 Å². The molecule has 0 N–H and O–H groups in total. The summed E-state index contributed by atoms with van der Waals surface area (Å²) in [5.41, 5.74) is 0. The number of rotatable bonds is 6. The lowest BCUT2D eigenvalue weighted by Crippen LogP contribution is -2.67. The lowest BCUT2D eigenvalue weighted by atomic mass is 9.79. The summed E-state index contributed by atoms with van der Waals surface area (Å²) < 4.78 is 11.7. The fourth-order valence-corrected chi connectivity index (χ4v) is 5.96. The van der Waals surface area contributed by atoms with E-state index in [1.807, 2.05) is 37.3 Å². The molecule has 1 aromatic carbocycles. The second-order valence-corrected chi connectivity index (χ2v) is 15.3. The molecule has 1 amide bonds. The third kappa shape index (κ3) is 3.97. The number of amides is 1. The van der Waals surface area contributed by atoms with Crippen LogP contribution in [-0.2, 0) is 23.0 Å². The van der Waals surface area contributed by atoms with Crippen molar-refractivity contribution in [2.45, 2.75) is 75.8 Å². The van der Waals surface area contributed by atoms with Crippen LogP contribution in [0.1, 0.15) is 34.6 Å². The Morgan fingerprint density at radius 2 is 1.77 bits per heavy atom. The molecule has 2 heterocycles. The van der Waals surface area contributed by atoms with Crippen molar-refractivity contribution in [2.24, 2.45) is 11.8 Å². The number of fused-ring (bicyclic) bond motifs is 1. The van der Waals surface area contributed by atoms with Gasteiger partial charge in [0.25, 0.3) is 0 Å². The van der Waals surface area contributed by atoms with Crippen molar-refractivity contribution in [1.82, 2.24) is 4.90 Å². The summed E-state index contributed by atoms with van der Waals surface area (Å²) in [5.74, 6) is -1.97. The Labute approximate surface area is 184 Å². The van der Waals surface area contributed by atoms with Crippen molar-refractivity contribution in [2.75, 3.05) is 0 Å². The molecule has 8 heteroatoms. The van der Waals surface area contributed by atoms with Crippen LogP contribution in [0.2, 0.25) is 18.1 Å². The third-order valence-electron chi connectivity index (χ3n) is 6.72. The van der Waals surface area contributed by atoms with Crippen LogP contribution in [0.25, 0.3) is 0 Å². The van der Waals surface area contributed by atoms with Crippen LogP contribution in [0, 0.1) is 11.8 Å². The van der Waals surface area contributed by atoms with Gasteiger partial charge in [-0.25, -0.2) is 4.79 Å². The minimum Gasteiger partial charge on any atom is -0.413 e. The van der Waals surface area contributed by atoms with Crippen molar-refractivity contribution >= 4 is 38.0 Å². The van der Waals surface area contributed by atoms with Gasteiger partial charge in [0.2, 0.25) is 5.91 Å². The molecule has 1 aromatic rings. The number of benzene rings is 1. The van der Waals surface area contributed by atoms with Gasteiger partial charge in [0.15, 0.2) is 20.1 Å². The number of hydrogen-bond acceptors (Lipinski definition) is 6. The smallest absolute Gasteiger partial charge is 0.349 e. The van der Waals surface area contributed by atoms with Crippen molar-refractivity contribution in [3.63, 3.8) is 0 Å². The van der Waals surface area contributed by atoms with Crippen molar-refractivity contribution < 1.29 is 23.0 Å². The quantitative estimate of drug-likeness (QED) is 0.282. The molecule has 2 aliphatic heterocycles. The Balaban J connectivity index is 1.70. The predicted molar refractivity (Wildman–Crippen MR) is 118 cm³/mol. The molecule has 2 aliphatic rings. The lowest BCUT2D eigenvalue weighted by molar-refractivity contribution is -0.169. The number of Topliss-reactive ketones (excluding diaryl/α,β-unsaturated/α-hetero) is 1. The maximum absolute atomic E-state index is 13.0. The zero-order valence-electron chi connectivity index (χ0n) is 18.7. The van der Waals surface area contributed by atoms with Gasteiger partial charge < -0.3 is 13.5 Å². The number of β-lactam (4-membered cyclic amide) rings is 1. The second-order valence-electron chi connectivity index (χ2n) is 9.74. The van der Waals surface area contributed by atoms with E-state index in [-0.39, 0.29) is 28.9 Å². The molecule has 0 aliphatic carbocycles. The first-order chi connectivity index (χ1) is 13.9. The molecule has 0 aromatic heterocycles. The minimum atomic E-state index is -2.07. The van der Waals surface area contributed by atoms with Gasteiger partial charge in [-0.2, -0.15) is 0 Å². The molecule has 30 heavy (non-hydrogen) atoms. The van der Waals surface area contributed by atoms with Crippen molar-refractivity contribution in [3.05, 3.63) is 30.3 Å². The first-order valence-corrected chi connectivity index (χ1v) is 14.0. The Kier molecular flexibility index (Phi) is 6.24. The average Bonchev–Trinajstić information content (AvgIpc) is 2.87. The highest BCUT2D eigenvalue weighted by molar-refractivity contribution is 7.95. The average molecular weight is 450 g/mol. The van der Waals surface area contributed by atoms with E-state index in [0.29, 0.717) is 0 Å². The molecule has 164 valence electrons. The number of ketones is 1. The van der Waals surface area contributed by atoms with Crippen LogP contribution < -0.4 is 0 Å². The summed E-state index contributed by atoms with van der Waals surface area (Å²) in [5, 5.41) is 0.0197. The van der Waals surface area contributed by atoms with Gasteiger partial charge in [-0.1, -0.05) is 45.9 Å². The molecular weight excluding hydrogens is 418 g/mol. The maximum Gasteiger partial charge on any atom is 0.349 e. The van der Waals surface area contributed by atoms with E-state index in [4.69, 9.17) is 8.61 Å². The number of hydrogen-bond donors (Lipinski definition) is 0. The Bertz CT molecular complexity index is 838. The Morgan fingerprint density at radius 3 is 2.33 bits per heavy atom. The molecular formula is C22H31NO5SSi. The van der Waals surface area contributed by atoms with E-state index in [0.717, 1.165) is 16.9 Å². The zero-order chi connectivity index (χ0) is 22.4. The molecule has 2 saturated heterocycles. The first-order valence-electron chi connectivity index (χ1n) is 10.3. The number of carbonyl (C=O) groups is 3. The van der Waals surface area contributed by atoms with Crippen molar-refractivity contribution in [3.8, 4) is 0 Å². The number of carbonyl (C=O) groups excluding carboxylic acids is 3. The van der Waals surface area contributed by atoms with Crippen LogP contribution in [0.5, 0.6) is 0 Å². The van der Waals surface area contributed by atoms with Crippen LogP contribution in [0.15, 0.2) is 35.2 Å². The summed E-state index contributed by atoms with van der Waals surface area (Å²) in [6.07, 6.45) is -0.302. The van der Waals surface area contributed by atoms with Crippen molar-refractivity contribution in [1.29, 1.82) is 0 Å². The lowest BCUT2D eigenvalue weighted by Gasteiger charge is -2.50. The van der Waals surface area contributed by atoms with E-state index in [1.165, 1.54) is 4.90 Å². The first kappa shape index (κ1) is 23.0. The summed E-state index contributed by atoms with van der Waals surface area (Å²) in [6, 6.07) is 7.68. The normalized spacial score (nSPS) is 27.5. The molecule has 6 nitrogen and oxygen atoms in total. The molecule has 3 rings (SSSR count). The fourth-order valence-electron chi connectivity index (χ4n) is 4.00. The standard InChI is InChI=1S/C22H31NO5SSi/c1-13-17-16(14(2)28-30(6,7)22(3,4)5)20(25)23(17)18(19(13)24)21(26)27-29-15-11-9-8-10-12-15/h8-14,16-18H,1-7H3/t13-,14?,16+,17-,18-/m1/s1.